The summed E-state index contributed by atoms with van der Waals surface area (Å²) in [5, 5.41) is 3.89. The van der Waals surface area contributed by atoms with Crippen molar-refractivity contribution in [3.63, 3.8) is 0 Å². The lowest BCUT2D eigenvalue weighted by atomic mass is 9.69. The molecule has 2 aliphatic rings. The fourth-order valence-corrected chi connectivity index (χ4v) is 4.16. The molecule has 2 aliphatic carbocycles. The summed E-state index contributed by atoms with van der Waals surface area (Å²) in [5.74, 6) is 0.956. The molecule has 0 aromatic heterocycles. The zero-order valence-corrected chi connectivity index (χ0v) is 13.7. The highest BCUT2D eigenvalue weighted by Crippen LogP contribution is 2.41. The van der Waals surface area contributed by atoms with Crippen molar-refractivity contribution in [2.45, 2.75) is 91.5 Å². The Labute approximate surface area is 120 Å². The van der Waals surface area contributed by atoms with Crippen LogP contribution in [-0.2, 0) is 0 Å². The van der Waals surface area contributed by atoms with Gasteiger partial charge in [-0.1, -0.05) is 47.0 Å². The van der Waals surface area contributed by atoms with Gasteiger partial charge in [-0.3, -0.25) is 0 Å². The molecule has 0 bridgehead atoms. The van der Waals surface area contributed by atoms with E-state index in [0.29, 0.717) is 10.8 Å². The van der Waals surface area contributed by atoms with Gasteiger partial charge in [-0.2, -0.15) is 0 Å². The Morgan fingerprint density at radius 2 is 1.63 bits per heavy atom. The molecule has 2 saturated carbocycles. The van der Waals surface area contributed by atoms with E-state index in [4.69, 9.17) is 0 Å². The summed E-state index contributed by atoms with van der Waals surface area (Å²) in [6.07, 6.45) is 12.8. The van der Waals surface area contributed by atoms with E-state index < -0.39 is 0 Å². The maximum absolute atomic E-state index is 3.89. The van der Waals surface area contributed by atoms with Crippen molar-refractivity contribution < 1.29 is 0 Å². The third-order valence-electron chi connectivity index (χ3n) is 6.37. The number of nitrogens with one attached hydrogen (secondary N) is 1. The molecular formula is C18H35N. The molecule has 1 N–H and O–H groups in total. The average molecular weight is 265 g/mol. The van der Waals surface area contributed by atoms with Gasteiger partial charge in [0.1, 0.15) is 0 Å². The molecule has 0 unspecified atom stereocenters. The lowest BCUT2D eigenvalue weighted by molar-refractivity contribution is 0.133. The van der Waals surface area contributed by atoms with Crippen LogP contribution in [0.4, 0.5) is 0 Å². The highest BCUT2D eigenvalue weighted by Gasteiger charge is 2.33. The third kappa shape index (κ3) is 3.97. The van der Waals surface area contributed by atoms with Crippen molar-refractivity contribution in [1.82, 2.24) is 5.32 Å². The van der Waals surface area contributed by atoms with Gasteiger partial charge in [-0.05, 0) is 55.3 Å². The lowest BCUT2D eigenvalue weighted by Crippen LogP contribution is -2.41. The highest BCUT2D eigenvalue weighted by molar-refractivity contribution is 4.88. The van der Waals surface area contributed by atoms with Crippen molar-refractivity contribution >= 4 is 0 Å². The van der Waals surface area contributed by atoms with E-state index in [1.165, 1.54) is 64.3 Å². The van der Waals surface area contributed by atoms with Crippen LogP contribution < -0.4 is 5.32 Å². The van der Waals surface area contributed by atoms with Crippen molar-refractivity contribution in [1.29, 1.82) is 0 Å². The summed E-state index contributed by atoms with van der Waals surface area (Å²) in [6.45, 7) is 11.0. The molecule has 0 atom stereocenters. The second-order valence-corrected chi connectivity index (χ2v) is 8.29. The van der Waals surface area contributed by atoms with Crippen LogP contribution in [0.1, 0.15) is 85.5 Å². The molecule has 1 nitrogen and oxygen atoms in total. The second-order valence-electron chi connectivity index (χ2n) is 8.29. The minimum absolute atomic E-state index is 0.558. The van der Waals surface area contributed by atoms with Crippen LogP contribution in [0.3, 0.4) is 0 Å². The quantitative estimate of drug-likeness (QED) is 0.724. The monoisotopic (exact) mass is 265 g/mol. The predicted octanol–water partition coefficient (Wildman–Crippen LogP) is 5.15. The molecule has 0 radical (unpaired) electrons. The first-order valence-corrected chi connectivity index (χ1v) is 8.69. The first kappa shape index (κ1) is 15.4. The second kappa shape index (κ2) is 6.16. The topological polar surface area (TPSA) is 12.0 Å². The smallest absolute Gasteiger partial charge is 0.00675 e. The van der Waals surface area contributed by atoms with E-state index in [-0.39, 0.29) is 0 Å². The summed E-state index contributed by atoms with van der Waals surface area (Å²) in [6, 6.07) is 0.807. The average Bonchev–Trinajstić information content (AvgIpc) is 2.84. The minimum atomic E-state index is 0.558. The molecule has 112 valence electrons. The molecule has 1 heteroatoms. The van der Waals surface area contributed by atoms with E-state index in [9.17, 15) is 0 Å². The Morgan fingerprint density at radius 3 is 2.16 bits per heavy atom. The Balaban J connectivity index is 1.72. The molecule has 0 aromatic carbocycles. The fraction of sp³-hybridized carbons (Fsp3) is 1.00. The molecule has 0 saturated heterocycles. The molecule has 0 aromatic rings. The van der Waals surface area contributed by atoms with Crippen molar-refractivity contribution in [3.8, 4) is 0 Å². The maximum atomic E-state index is 3.89. The van der Waals surface area contributed by atoms with Gasteiger partial charge in [0, 0.05) is 12.6 Å². The van der Waals surface area contributed by atoms with Crippen LogP contribution >= 0.6 is 0 Å². The van der Waals surface area contributed by atoms with Gasteiger partial charge in [0.05, 0.1) is 0 Å². The molecule has 0 aliphatic heterocycles. The van der Waals surface area contributed by atoms with E-state index in [1.807, 2.05) is 0 Å². The summed E-state index contributed by atoms with van der Waals surface area (Å²) in [4.78, 5) is 0. The Hall–Kier alpha value is -0.0400. The first-order chi connectivity index (χ1) is 8.95. The van der Waals surface area contributed by atoms with Crippen molar-refractivity contribution in [2.24, 2.45) is 16.7 Å². The van der Waals surface area contributed by atoms with Gasteiger partial charge >= 0.3 is 0 Å². The largest absolute Gasteiger partial charge is 0.313 e. The Morgan fingerprint density at radius 1 is 1.05 bits per heavy atom. The minimum Gasteiger partial charge on any atom is -0.313 e. The zero-order valence-electron chi connectivity index (χ0n) is 13.7. The van der Waals surface area contributed by atoms with Gasteiger partial charge in [0.15, 0.2) is 0 Å². The first-order valence-electron chi connectivity index (χ1n) is 8.69. The molecule has 0 spiro atoms. The summed E-state index contributed by atoms with van der Waals surface area (Å²) in [7, 11) is 0. The van der Waals surface area contributed by atoms with Crippen LogP contribution in [0.15, 0.2) is 0 Å². The van der Waals surface area contributed by atoms with Crippen molar-refractivity contribution in [3.05, 3.63) is 0 Å². The molecule has 2 rings (SSSR count). The lowest BCUT2D eigenvalue weighted by Gasteiger charge is -2.40. The zero-order chi connectivity index (χ0) is 13.9. The molecular weight excluding hydrogens is 230 g/mol. The van der Waals surface area contributed by atoms with Crippen LogP contribution in [0.2, 0.25) is 0 Å². The van der Waals surface area contributed by atoms with Crippen molar-refractivity contribution in [2.75, 3.05) is 6.54 Å². The summed E-state index contributed by atoms with van der Waals surface area (Å²) >= 11 is 0. The van der Waals surface area contributed by atoms with Gasteiger partial charge in [0.25, 0.3) is 0 Å². The standard InChI is InChI=1S/C18H35N/c1-5-17(2,3)15-8-10-16(11-9-15)19-14-18(4)12-6-7-13-18/h15-16,19H,5-14H2,1-4H3. The number of rotatable bonds is 5. The van der Waals surface area contributed by atoms with E-state index in [1.54, 1.807) is 0 Å². The predicted molar refractivity (Wildman–Crippen MR) is 84.4 cm³/mol. The highest BCUT2D eigenvalue weighted by atomic mass is 14.9. The van der Waals surface area contributed by atoms with Gasteiger partial charge in [0.2, 0.25) is 0 Å². The fourth-order valence-electron chi connectivity index (χ4n) is 4.16. The van der Waals surface area contributed by atoms with Gasteiger partial charge < -0.3 is 5.32 Å². The third-order valence-corrected chi connectivity index (χ3v) is 6.37. The maximum Gasteiger partial charge on any atom is 0.00675 e. The van der Waals surface area contributed by atoms with Crippen LogP contribution in [0.5, 0.6) is 0 Å². The van der Waals surface area contributed by atoms with E-state index in [2.05, 4.69) is 33.0 Å². The molecule has 19 heavy (non-hydrogen) atoms. The van der Waals surface area contributed by atoms with E-state index in [0.717, 1.165) is 12.0 Å². The molecule has 0 amide bonds. The molecule has 0 heterocycles. The Kier molecular flexibility index (Phi) is 4.98. The normalized spacial score (nSPS) is 31.6. The van der Waals surface area contributed by atoms with Gasteiger partial charge in [-0.25, -0.2) is 0 Å². The number of hydrogen-bond acceptors (Lipinski definition) is 1. The summed E-state index contributed by atoms with van der Waals surface area (Å²) < 4.78 is 0. The van der Waals surface area contributed by atoms with Crippen LogP contribution in [0.25, 0.3) is 0 Å². The van der Waals surface area contributed by atoms with E-state index >= 15 is 0 Å². The SMILES string of the molecule is CCC(C)(C)C1CCC(NCC2(C)CCCC2)CC1. The molecule has 2 fully saturated rings. The number of hydrogen-bond donors (Lipinski definition) is 1. The Bertz CT molecular complexity index is 267. The summed E-state index contributed by atoms with van der Waals surface area (Å²) in [5.41, 5.74) is 1.17. The van der Waals surface area contributed by atoms with Gasteiger partial charge in [-0.15, -0.1) is 0 Å². The van der Waals surface area contributed by atoms with Crippen LogP contribution in [0, 0.1) is 16.7 Å². The van der Waals surface area contributed by atoms with Crippen LogP contribution in [-0.4, -0.2) is 12.6 Å².